The predicted molar refractivity (Wildman–Crippen MR) is 102 cm³/mol. The minimum atomic E-state index is 0.227. The Morgan fingerprint density at radius 2 is 2.04 bits per heavy atom. The quantitative estimate of drug-likeness (QED) is 0.269. The number of aromatic nitrogens is 2. The lowest BCUT2D eigenvalue weighted by Gasteiger charge is -2.16. The van der Waals surface area contributed by atoms with Gasteiger partial charge < -0.3 is 14.7 Å². The van der Waals surface area contributed by atoms with Crippen molar-refractivity contribution in [2.75, 3.05) is 7.11 Å². The van der Waals surface area contributed by atoms with Crippen molar-refractivity contribution < 1.29 is 14.2 Å². The minimum absolute atomic E-state index is 0.227. The van der Waals surface area contributed by atoms with Crippen LogP contribution in [0.2, 0.25) is 5.02 Å². The molecule has 24 heavy (non-hydrogen) atoms. The molecule has 0 N–H and O–H groups in total. The fourth-order valence-corrected chi connectivity index (χ4v) is 2.97. The molecule has 7 heteroatoms. The molecule has 0 fully saturated rings. The summed E-state index contributed by atoms with van der Waals surface area (Å²) in [6.07, 6.45) is 0.548. The van der Waals surface area contributed by atoms with E-state index in [0.29, 0.717) is 33.1 Å². The Bertz CT molecular complexity index is 710. The molecule has 5 nitrogen and oxygen atoms in total. The Kier molecular flexibility index (Phi) is 6.91. The van der Waals surface area contributed by atoms with Crippen molar-refractivity contribution in [3.63, 3.8) is 0 Å². The molecule has 0 unspecified atom stereocenters. The summed E-state index contributed by atoms with van der Waals surface area (Å²) >= 11 is 8.31. The number of nitrogens with zero attached hydrogens (tertiary/aromatic N) is 2. The fraction of sp³-hybridized carbons (Fsp3) is 0.412. The maximum Gasteiger partial charge on any atom is 0.402 e. The molecule has 0 bridgehead atoms. The van der Waals surface area contributed by atoms with Gasteiger partial charge in [0.05, 0.1) is 11.5 Å². The largest absolute Gasteiger partial charge is 0.616 e. The summed E-state index contributed by atoms with van der Waals surface area (Å²) in [6, 6.07) is 7.45. The Morgan fingerprint density at radius 1 is 1.33 bits per heavy atom. The van der Waals surface area contributed by atoms with Gasteiger partial charge in [-0.15, -0.1) is 4.73 Å². The number of halogens is 2. The monoisotopic (exact) mass is 462 g/mol. The van der Waals surface area contributed by atoms with Crippen LogP contribution in [-0.4, -0.2) is 12.1 Å². The van der Waals surface area contributed by atoms with Crippen molar-refractivity contribution in [2.24, 2.45) is 5.92 Å². The molecule has 0 aliphatic carbocycles. The van der Waals surface area contributed by atoms with Crippen molar-refractivity contribution in [3.8, 4) is 11.8 Å². The van der Waals surface area contributed by atoms with Gasteiger partial charge in [-0.1, -0.05) is 66.2 Å². The van der Waals surface area contributed by atoms with Gasteiger partial charge >= 0.3 is 5.88 Å². The Hall–Kier alpha value is -1.28. The highest BCUT2D eigenvalue weighted by Crippen LogP contribution is 2.25. The van der Waals surface area contributed by atoms with Crippen LogP contribution in [0.3, 0.4) is 0 Å². The molecule has 0 atom stereocenters. The lowest BCUT2D eigenvalue weighted by molar-refractivity contribution is -0.622. The predicted octanol–water partition coefficient (Wildman–Crippen LogP) is 4.09. The molecular weight excluding hydrogens is 443 g/mol. The Labute approximate surface area is 160 Å². The van der Waals surface area contributed by atoms with Crippen molar-refractivity contribution >= 4 is 34.2 Å². The van der Waals surface area contributed by atoms with Gasteiger partial charge in [-0.3, -0.25) is 0 Å². The van der Waals surface area contributed by atoms with Crippen molar-refractivity contribution in [1.29, 1.82) is 0 Å². The lowest BCUT2D eigenvalue weighted by Crippen LogP contribution is -2.37. The highest BCUT2D eigenvalue weighted by atomic mass is 127. The standard InChI is InChI=1S/C17H20ClIN2O3/c1-11(2)8-15-16(20-14(9-19)17(23-3)21(15)22)24-10-12-6-4-5-7-13(12)18/h4-7,11H,8-10H2,1-3H3. The average molecular weight is 463 g/mol. The summed E-state index contributed by atoms with van der Waals surface area (Å²) in [7, 11) is 1.48. The SMILES string of the molecule is COc1c(CI)nc(OCc2ccccc2Cl)c(CC(C)C)[n+]1[O-]. The van der Waals surface area contributed by atoms with Crippen LogP contribution in [0.5, 0.6) is 11.8 Å². The van der Waals surface area contributed by atoms with E-state index in [9.17, 15) is 5.21 Å². The first kappa shape index (κ1) is 19.1. The molecule has 130 valence electrons. The molecule has 0 aliphatic heterocycles. The summed E-state index contributed by atoms with van der Waals surface area (Å²) in [5.41, 5.74) is 1.89. The molecule has 0 amide bonds. The van der Waals surface area contributed by atoms with Crippen LogP contribution in [0.1, 0.15) is 30.8 Å². The van der Waals surface area contributed by atoms with E-state index in [0.717, 1.165) is 10.3 Å². The van der Waals surface area contributed by atoms with Gasteiger partial charge in [0.15, 0.2) is 5.69 Å². The molecule has 2 aromatic rings. The summed E-state index contributed by atoms with van der Waals surface area (Å²) in [5, 5.41) is 13.3. The van der Waals surface area contributed by atoms with Crippen LogP contribution < -0.4 is 14.2 Å². The molecule has 0 saturated heterocycles. The third kappa shape index (κ3) is 4.42. The molecule has 1 aromatic carbocycles. The Morgan fingerprint density at radius 3 is 2.62 bits per heavy atom. The summed E-state index contributed by atoms with van der Waals surface area (Å²) < 4.78 is 12.4. The van der Waals surface area contributed by atoms with Crippen molar-refractivity contribution in [2.45, 2.75) is 31.3 Å². The number of hydrogen-bond donors (Lipinski definition) is 0. The fourth-order valence-electron chi connectivity index (χ4n) is 2.28. The van der Waals surface area contributed by atoms with E-state index in [1.54, 1.807) is 6.07 Å². The maximum absolute atomic E-state index is 12.7. The summed E-state index contributed by atoms with van der Waals surface area (Å²) in [6.45, 7) is 4.33. The normalized spacial score (nSPS) is 10.9. The van der Waals surface area contributed by atoms with Crippen LogP contribution in [0.25, 0.3) is 0 Å². The molecular formula is C17H20ClIN2O3. The van der Waals surface area contributed by atoms with E-state index in [1.807, 2.05) is 32.0 Å². The zero-order chi connectivity index (χ0) is 17.7. The number of methoxy groups -OCH3 is 1. The van der Waals surface area contributed by atoms with E-state index in [2.05, 4.69) is 27.6 Å². The molecule has 0 spiro atoms. The minimum Gasteiger partial charge on any atom is -0.616 e. The summed E-state index contributed by atoms with van der Waals surface area (Å²) in [5.74, 6) is 0.848. The van der Waals surface area contributed by atoms with Gasteiger partial charge in [-0.25, -0.2) is 4.98 Å². The second kappa shape index (κ2) is 8.71. The third-order valence-corrected chi connectivity index (χ3v) is 4.49. The van der Waals surface area contributed by atoms with E-state index in [4.69, 9.17) is 21.1 Å². The van der Waals surface area contributed by atoms with E-state index >= 15 is 0 Å². The first-order chi connectivity index (χ1) is 11.5. The number of hydrogen-bond acceptors (Lipinski definition) is 4. The third-order valence-electron chi connectivity index (χ3n) is 3.40. The van der Waals surface area contributed by atoms with Gasteiger partial charge in [-0.05, 0) is 12.0 Å². The zero-order valence-electron chi connectivity index (χ0n) is 13.9. The smallest absolute Gasteiger partial charge is 0.402 e. The van der Waals surface area contributed by atoms with Gasteiger partial charge in [-0.2, -0.15) is 0 Å². The number of benzene rings is 1. The van der Waals surface area contributed by atoms with Crippen LogP contribution in [0.4, 0.5) is 0 Å². The number of ether oxygens (including phenoxy) is 2. The van der Waals surface area contributed by atoms with E-state index in [-0.39, 0.29) is 18.4 Å². The second-order valence-corrected chi connectivity index (χ2v) is 6.90. The number of rotatable bonds is 7. The van der Waals surface area contributed by atoms with Crippen LogP contribution in [0, 0.1) is 11.1 Å². The average Bonchev–Trinajstić information content (AvgIpc) is 2.56. The molecule has 1 heterocycles. The van der Waals surface area contributed by atoms with Crippen molar-refractivity contribution in [1.82, 2.24) is 4.98 Å². The van der Waals surface area contributed by atoms with Gasteiger partial charge in [0.1, 0.15) is 6.61 Å². The Balaban J connectivity index is 2.39. The van der Waals surface area contributed by atoms with Crippen LogP contribution >= 0.6 is 34.2 Å². The topological polar surface area (TPSA) is 58.3 Å². The highest BCUT2D eigenvalue weighted by Gasteiger charge is 2.26. The molecule has 1 aromatic heterocycles. The molecule has 0 saturated carbocycles. The van der Waals surface area contributed by atoms with Crippen LogP contribution in [0.15, 0.2) is 24.3 Å². The highest BCUT2D eigenvalue weighted by molar-refractivity contribution is 14.1. The second-order valence-electron chi connectivity index (χ2n) is 5.73. The number of alkyl halides is 1. The molecule has 0 radical (unpaired) electrons. The van der Waals surface area contributed by atoms with Gasteiger partial charge in [0, 0.05) is 17.0 Å². The van der Waals surface area contributed by atoms with Crippen LogP contribution in [-0.2, 0) is 17.5 Å². The first-order valence-electron chi connectivity index (χ1n) is 7.59. The van der Waals surface area contributed by atoms with Gasteiger partial charge in [0.25, 0.3) is 11.6 Å². The van der Waals surface area contributed by atoms with Crippen molar-refractivity contribution in [3.05, 3.63) is 51.4 Å². The van der Waals surface area contributed by atoms with E-state index in [1.165, 1.54) is 7.11 Å². The molecule has 0 aliphatic rings. The lowest BCUT2D eigenvalue weighted by atomic mass is 10.1. The van der Waals surface area contributed by atoms with E-state index < -0.39 is 0 Å². The summed E-state index contributed by atoms with van der Waals surface area (Å²) in [4.78, 5) is 4.50. The maximum atomic E-state index is 12.7. The van der Waals surface area contributed by atoms with Gasteiger partial charge in [0.2, 0.25) is 0 Å². The first-order valence-corrected chi connectivity index (χ1v) is 9.49. The molecule has 2 rings (SSSR count). The zero-order valence-corrected chi connectivity index (χ0v) is 16.8.